The summed E-state index contributed by atoms with van der Waals surface area (Å²) < 4.78 is 13.7. The molecule has 0 saturated heterocycles. The van der Waals surface area contributed by atoms with Gasteiger partial charge in [0.1, 0.15) is 17.3 Å². The van der Waals surface area contributed by atoms with Crippen LogP contribution in [0.25, 0.3) is 72.3 Å². The molecule has 8 aromatic carbocycles. The Kier molecular flexibility index (Phi) is 11.8. The molecule has 0 aliphatic heterocycles. The van der Waals surface area contributed by atoms with Crippen LogP contribution in [0.4, 0.5) is 0 Å². The predicted molar refractivity (Wildman–Crippen MR) is 311 cm³/mol. The van der Waals surface area contributed by atoms with E-state index in [1.54, 1.807) is 0 Å². The monoisotopic (exact) mass is 979 g/mol. The van der Waals surface area contributed by atoms with Crippen molar-refractivity contribution in [1.29, 1.82) is 0 Å². The van der Waals surface area contributed by atoms with Crippen LogP contribution in [0.2, 0.25) is 0 Å². The molecule has 0 radical (unpaired) electrons. The third-order valence-electron chi connectivity index (χ3n) is 15.5. The fourth-order valence-corrected chi connectivity index (χ4v) is 11.1. The number of pyridine rings is 1. The molecule has 3 heterocycles. The van der Waals surface area contributed by atoms with E-state index in [0.29, 0.717) is 0 Å². The second-order valence-corrected chi connectivity index (χ2v) is 23.9. The second kappa shape index (κ2) is 18.4. The van der Waals surface area contributed by atoms with Gasteiger partial charge in [-0.1, -0.05) is 190 Å². The van der Waals surface area contributed by atoms with Gasteiger partial charge in [0, 0.05) is 23.0 Å². The highest BCUT2D eigenvalue weighted by atomic mass is 16.5. The van der Waals surface area contributed by atoms with E-state index < -0.39 is 0 Å². The van der Waals surface area contributed by atoms with Gasteiger partial charge in [-0.2, -0.15) is 0 Å². The Hall–Kier alpha value is -8.02. The standard InChI is InChI=1S/C70H66N4O/c1-68(2,3)51-36-37-71-66(42-51)74-62-21-11-10-18-58(62)59-35-34-56(44-65(59)74)75-55-17-14-16-54(43-55)72-45-73(64-23-13-12-22-63(64)72)67-57(50-39-52(69(4,5)6)41-53(40-50)70(7,8)9)19-15-20-60(67)61-38-48-29-28-46-24-26-47(27-25-46)30-32-49(61)33-31-48/h10-27,31,33-44H,28-30,32H2,1-9H3. The average molecular weight is 979 g/mol. The minimum Gasteiger partial charge on any atom is -0.458 e. The summed E-state index contributed by atoms with van der Waals surface area (Å²) in [5, 5.41) is 2.33. The molecule has 5 nitrogen and oxygen atoms in total. The summed E-state index contributed by atoms with van der Waals surface area (Å²) in [7, 11) is 0. The number of rotatable bonds is 7. The lowest BCUT2D eigenvalue weighted by atomic mass is 9.78. The Morgan fingerprint density at radius 1 is 0.467 bits per heavy atom. The van der Waals surface area contributed by atoms with Crippen molar-refractivity contribution in [3.05, 3.63) is 233 Å². The van der Waals surface area contributed by atoms with E-state index in [9.17, 15) is 0 Å². The third kappa shape index (κ3) is 9.13. The Morgan fingerprint density at radius 3 is 1.84 bits per heavy atom. The minimum atomic E-state index is -0.0555. The zero-order chi connectivity index (χ0) is 51.8. The van der Waals surface area contributed by atoms with Gasteiger partial charge in [0.05, 0.1) is 33.4 Å². The molecule has 372 valence electrons. The van der Waals surface area contributed by atoms with Crippen molar-refractivity contribution in [1.82, 2.24) is 14.1 Å². The van der Waals surface area contributed by atoms with Crippen LogP contribution >= 0.6 is 0 Å². The van der Waals surface area contributed by atoms with Crippen molar-refractivity contribution >= 4 is 32.8 Å². The van der Waals surface area contributed by atoms with Crippen LogP contribution in [0.1, 0.15) is 101 Å². The highest BCUT2D eigenvalue weighted by Gasteiger charge is 2.26. The Morgan fingerprint density at radius 2 is 1.09 bits per heavy atom. The number of fused-ring (bicyclic) bond motifs is 4. The summed E-state index contributed by atoms with van der Waals surface area (Å²) in [6.07, 6.45) is 9.80. The minimum absolute atomic E-state index is 0.0222. The molecule has 15 rings (SSSR count). The predicted octanol–water partition coefficient (Wildman–Crippen LogP) is 17.1. The second-order valence-electron chi connectivity index (χ2n) is 23.9. The molecule has 0 unspecified atom stereocenters. The van der Waals surface area contributed by atoms with Crippen molar-refractivity contribution in [2.45, 2.75) is 104 Å². The molecule has 0 fully saturated rings. The van der Waals surface area contributed by atoms with E-state index in [1.807, 2.05) is 12.3 Å². The molecular weight excluding hydrogens is 913 g/mol. The van der Waals surface area contributed by atoms with Gasteiger partial charge < -0.3 is 4.74 Å². The first-order chi connectivity index (χ1) is 36.0. The van der Waals surface area contributed by atoms with Gasteiger partial charge in [-0.25, -0.2) is 4.98 Å². The molecule has 11 aromatic rings. The van der Waals surface area contributed by atoms with Gasteiger partial charge in [-0.05, 0) is 152 Å². The lowest BCUT2D eigenvalue weighted by Crippen LogP contribution is -2.31. The smallest absolute Gasteiger partial charge is 0.269 e. The van der Waals surface area contributed by atoms with Crippen LogP contribution < -0.4 is 9.30 Å². The molecule has 4 bridgehead atoms. The topological polar surface area (TPSA) is 35.9 Å². The molecular formula is C70H66N4O. The van der Waals surface area contributed by atoms with Crippen molar-refractivity contribution in [3.63, 3.8) is 0 Å². The van der Waals surface area contributed by atoms with Crippen molar-refractivity contribution in [2.75, 3.05) is 0 Å². The average Bonchev–Trinajstić information content (AvgIpc) is 3.94. The van der Waals surface area contributed by atoms with Crippen LogP contribution in [0.3, 0.4) is 0 Å². The fourth-order valence-electron chi connectivity index (χ4n) is 11.1. The van der Waals surface area contributed by atoms with E-state index in [1.165, 1.54) is 66.6 Å². The first-order valence-corrected chi connectivity index (χ1v) is 26.8. The van der Waals surface area contributed by atoms with Gasteiger partial charge in [0.25, 0.3) is 6.33 Å². The summed E-state index contributed by atoms with van der Waals surface area (Å²) in [4.78, 5) is 4.92. The first kappa shape index (κ1) is 48.0. The van der Waals surface area contributed by atoms with Gasteiger partial charge in [0.2, 0.25) is 0 Å². The maximum Gasteiger partial charge on any atom is 0.269 e. The Bertz CT molecular complexity index is 3950. The number of benzene rings is 8. The van der Waals surface area contributed by atoms with Gasteiger partial charge >= 0.3 is 0 Å². The highest BCUT2D eigenvalue weighted by Crippen LogP contribution is 2.41. The van der Waals surface area contributed by atoms with E-state index >= 15 is 0 Å². The molecule has 4 aliphatic carbocycles. The van der Waals surface area contributed by atoms with Crippen LogP contribution in [-0.2, 0) is 41.9 Å². The molecule has 5 heteroatoms. The van der Waals surface area contributed by atoms with Gasteiger partial charge in [0.15, 0.2) is 0 Å². The molecule has 0 atom stereocenters. The summed E-state index contributed by atoms with van der Waals surface area (Å²) in [5.74, 6) is 2.37. The van der Waals surface area contributed by atoms with Crippen molar-refractivity contribution in [3.8, 4) is 50.9 Å². The summed E-state index contributed by atoms with van der Waals surface area (Å²) in [6.45, 7) is 20.7. The molecule has 0 spiro atoms. The third-order valence-corrected chi connectivity index (χ3v) is 15.5. The van der Waals surface area contributed by atoms with E-state index in [0.717, 1.165) is 81.8 Å². The van der Waals surface area contributed by atoms with Gasteiger partial charge in [-0.15, -0.1) is 0 Å². The molecule has 0 saturated carbocycles. The number of ether oxygens (including phenoxy) is 1. The summed E-state index contributed by atoms with van der Waals surface area (Å²) >= 11 is 0. The molecule has 75 heavy (non-hydrogen) atoms. The normalized spacial score (nSPS) is 13.2. The molecule has 3 aromatic heterocycles. The molecule has 0 N–H and O–H groups in total. The SMILES string of the molecule is CC(C)(C)c1cc(-c2cccc(-c3cc4ccc3CCc3ccc(cc3)CC4)c2-[n+]2[c-]n(-c3cccc(Oc4ccc5c6ccccc6n(-c6cc(C(C)(C)C)ccn6)c5c4)c3)c3ccccc32)cc(C(C)(C)C)c1. The van der Waals surface area contributed by atoms with Crippen LogP contribution in [0.5, 0.6) is 11.5 Å². The maximum absolute atomic E-state index is 6.88. The van der Waals surface area contributed by atoms with Crippen LogP contribution in [-0.4, -0.2) is 14.1 Å². The number of aryl methyl sites for hydroxylation is 4. The highest BCUT2D eigenvalue weighted by molar-refractivity contribution is 6.09. The van der Waals surface area contributed by atoms with Crippen LogP contribution in [0.15, 0.2) is 188 Å². The zero-order valence-corrected chi connectivity index (χ0v) is 44.9. The molecule has 4 aliphatic rings. The maximum atomic E-state index is 6.88. The number of hydrogen-bond donors (Lipinski definition) is 0. The molecule has 0 amide bonds. The van der Waals surface area contributed by atoms with Crippen molar-refractivity contribution < 1.29 is 9.30 Å². The van der Waals surface area contributed by atoms with Gasteiger partial charge in [-0.3, -0.25) is 13.7 Å². The van der Waals surface area contributed by atoms with Crippen molar-refractivity contribution in [2.24, 2.45) is 0 Å². The zero-order valence-electron chi connectivity index (χ0n) is 44.9. The quantitative estimate of drug-likeness (QED) is 0.118. The largest absolute Gasteiger partial charge is 0.458 e. The number of nitrogens with zero attached hydrogens (tertiary/aromatic N) is 4. The number of para-hydroxylation sites is 4. The first-order valence-electron chi connectivity index (χ1n) is 26.8. The van der Waals surface area contributed by atoms with Crippen LogP contribution in [0, 0.1) is 6.33 Å². The summed E-state index contributed by atoms with van der Waals surface area (Å²) in [6, 6.07) is 67.2. The van der Waals surface area contributed by atoms with E-state index in [4.69, 9.17) is 9.72 Å². The lowest BCUT2D eigenvalue weighted by Gasteiger charge is -2.27. The number of hydrogen-bond acceptors (Lipinski definition) is 2. The number of aromatic nitrogens is 4. The fraction of sp³-hybridized carbons (Fsp3) is 0.229. The van der Waals surface area contributed by atoms with E-state index in [-0.39, 0.29) is 16.2 Å². The Balaban J connectivity index is 1.02. The number of imidazole rings is 1. The lowest BCUT2D eigenvalue weighted by molar-refractivity contribution is -0.571. The van der Waals surface area contributed by atoms with E-state index in [2.05, 4.69) is 258 Å². The Labute approximate surface area is 442 Å². The summed E-state index contributed by atoms with van der Waals surface area (Å²) in [5.41, 5.74) is 20.4.